The zero-order valence-electron chi connectivity index (χ0n) is 8.38. The summed E-state index contributed by atoms with van der Waals surface area (Å²) in [7, 11) is 1.16. The molecule has 0 saturated heterocycles. The number of methoxy groups -OCH3 is 1. The van der Waals surface area contributed by atoms with E-state index in [0.717, 1.165) is 19.2 Å². The van der Waals surface area contributed by atoms with Crippen molar-refractivity contribution in [2.45, 2.75) is 12.8 Å². The van der Waals surface area contributed by atoms with Crippen LogP contribution in [-0.2, 0) is 9.53 Å². The molecule has 15 heavy (non-hydrogen) atoms. The molecule has 0 radical (unpaired) electrons. The number of anilines is 1. The maximum atomic E-state index is 13.3. The molecule has 1 rings (SSSR count). The molecule has 3 nitrogen and oxygen atoms in total. The Balaban J connectivity index is 3.19. The number of ether oxygens (including phenoxy) is 1. The first-order valence-electron chi connectivity index (χ1n) is 4.29. The molecule has 0 bridgehead atoms. The lowest BCUT2D eigenvalue weighted by Gasteiger charge is -2.11. The van der Waals surface area contributed by atoms with E-state index < -0.39 is 23.5 Å². The van der Waals surface area contributed by atoms with Crippen molar-refractivity contribution in [2.24, 2.45) is 0 Å². The standard InChI is InChI=1S/C10H11F2NO2/c1-5(10(14)15-2)9-7(11)3-6(13)4-8(9)12/h3-5H,13H2,1-2H3/t5-/m1/s1. The molecule has 5 heteroatoms. The first-order valence-corrected chi connectivity index (χ1v) is 4.29. The van der Waals surface area contributed by atoms with Crippen LogP contribution < -0.4 is 5.73 Å². The minimum absolute atomic E-state index is 0.0224. The second kappa shape index (κ2) is 4.25. The van der Waals surface area contributed by atoms with Crippen molar-refractivity contribution in [3.8, 4) is 0 Å². The topological polar surface area (TPSA) is 52.3 Å². The lowest BCUT2D eigenvalue weighted by atomic mass is 9.99. The fourth-order valence-corrected chi connectivity index (χ4v) is 1.31. The maximum absolute atomic E-state index is 13.3. The lowest BCUT2D eigenvalue weighted by Crippen LogP contribution is -2.14. The fraction of sp³-hybridized carbons (Fsp3) is 0.300. The third-order valence-corrected chi connectivity index (χ3v) is 2.09. The Hall–Kier alpha value is -1.65. The van der Waals surface area contributed by atoms with E-state index in [1.165, 1.54) is 6.92 Å². The van der Waals surface area contributed by atoms with Crippen molar-refractivity contribution in [1.29, 1.82) is 0 Å². The molecule has 0 aliphatic rings. The van der Waals surface area contributed by atoms with Gasteiger partial charge in [-0.3, -0.25) is 4.79 Å². The van der Waals surface area contributed by atoms with E-state index in [1.54, 1.807) is 0 Å². The number of halogens is 2. The number of esters is 1. The normalized spacial score (nSPS) is 12.3. The number of nitrogen functional groups attached to an aromatic ring is 1. The van der Waals surface area contributed by atoms with Gasteiger partial charge in [-0.15, -0.1) is 0 Å². The molecule has 82 valence electrons. The van der Waals surface area contributed by atoms with Crippen LogP contribution in [-0.4, -0.2) is 13.1 Å². The summed E-state index contributed by atoms with van der Waals surface area (Å²) >= 11 is 0. The zero-order valence-corrected chi connectivity index (χ0v) is 8.38. The second-order valence-corrected chi connectivity index (χ2v) is 3.14. The SMILES string of the molecule is COC(=O)[C@H](C)c1c(F)cc(N)cc1F. The van der Waals surface area contributed by atoms with E-state index in [-0.39, 0.29) is 11.3 Å². The predicted octanol–water partition coefficient (Wildman–Crippen LogP) is 1.82. The van der Waals surface area contributed by atoms with Gasteiger partial charge in [0.1, 0.15) is 11.6 Å². The highest BCUT2D eigenvalue weighted by Gasteiger charge is 2.23. The van der Waals surface area contributed by atoms with E-state index in [9.17, 15) is 13.6 Å². The first-order chi connectivity index (χ1) is 6.97. The minimum Gasteiger partial charge on any atom is -0.469 e. The van der Waals surface area contributed by atoms with E-state index in [1.807, 2.05) is 0 Å². The zero-order chi connectivity index (χ0) is 11.6. The van der Waals surface area contributed by atoms with Gasteiger partial charge in [-0.2, -0.15) is 0 Å². The highest BCUT2D eigenvalue weighted by molar-refractivity contribution is 5.77. The van der Waals surface area contributed by atoms with Crippen molar-refractivity contribution in [3.63, 3.8) is 0 Å². The third-order valence-electron chi connectivity index (χ3n) is 2.09. The molecular weight excluding hydrogens is 204 g/mol. The average Bonchev–Trinajstić information content (AvgIpc) is 2.14. The summed E-state index contributed by atoms with van der Waals surface area (Å²) in [4.78, 5) is 11.1. The minimum atomic E-state index is -0.990. The van der Waals surface area contributed by atoms with Crippen molar-refractivity contribution >= 4 is 11.7 Å². The number of benzene rings is 1. The van der Waals surface area contributed by atoms with Crippen molar-refractivity contribution in [2.75, 3.05) is 12.8 Å². The highest BCUT2D eigenvalue weighted by Crippen LogP contribution is 2.25. The summed E-state index contributed by atoms with van der Waals surface area (Å²) in [5.41, 5.74) is 4.90. The van der Waals surface area contributed by atoms with Gasteiger partial charge in [-0.05, 0) is 19.1 Å². The van der Waals surface area contributed by atoms with Gasteiger partial charge in [-0.1, -0.05) is 0 Å². The summed E-state index contributed by atoms with van der Waals surface area (Å²) in [6, 6.07) is 1.94. The summed E-state index contributed by atoms with van der Waals surface area (Å²) in [5.74, 6) is -3.37. The molecule has 0 heterocycles. The molecule has 0 fully saturated rings. The molecule has 0 aliphatic carbocycles. The number of hydrogen-bond donors (Lipinski definition) is 1. The quantitative estimate of drug-likeness (QED) is 0.604. The van der Waals surface area contributed by atoms with E-state index >= 15 is 0 Å². The van der Waals surface area contributed by atoms with E-state index in [4.69, 9.17) is 5.73 Å². The van der Waals surface area contributed by atoms with Crippen molar-refractivity contribution in [1.82, 2.24) is 0 Å². The molecule has 1 aromatic carbocycles. The third kappa shape index (κ3) is 2.23. The molecule has 0 aromatic heterocycles. The Morgan fingerprint density at radius 2 is 1.87 bits per heavy atom. The van der Waals surface area contributed by atoms with Crippen LogP contribution in [0, 0.1) is 11.6 Å². The first kappa shape index (κ1) is 11.4. The van der Waals surface area contributed by atoms with Crippen LogP contribution in [0.1, 0.15) is 18.4 Å². The van der Waals surface area contributed by atoms with Crippen molar-refractivity contribution < 1.29 is 18.3 Å². The summed E-state index contributed by atoms with van der Waals surface area (Å²) in [5, 5.41) is 0. The van der Waals surface area contributed by atoms with Gasteiger partial charge in [0.2, 0.25) is 0 Å². The van der Waals surface area contributed by atoms with Crippen LogP contribution in [0.5, 0.6) is 0 Å². The van der Waals surface area contributed by atoms with Gasteiger partial charge in [0.05, 0.1) is 13.0 Å². The molecule has 0 unspecified atom stereocenters. The van der Waals surface area contributed by atoms with E-state index in [2.05, 4.69) is 4.74 Å². The molecule has 1 aromatic rings. The number of nitrogens with two attached hydrogens (primary N) is 1. The molecule has 2 N–H and O–H groups in total. The molecule has 0 saturated carbocycles. The Morgan fingerprint density at radius 3 is 2.27 bits per heavy atom. The average molecular weight is 215 g/mol. The number of carbonyl (C=O) groups is 1. The number of rotatable bonds is 2. The Kier molecular flexibility index (Phi) is 3.24. The molecule has 1 atom stereocenters. The van der Waals surface area contributed by atoms with Gasteiger partial charge >= 0.3 is 5.97 Å². The van der Waals surface area contributed by atoms with Crippen LogP contribution in [0.3, 0.4) is 0 Å². The fourth-order valence-electron chi connectivity index (χ4n) is 1.31. The second-order valence-electron chi connectivity index (χ2n) is 3.14. The molecule has 0 amide bonds. The van der Waals surface area contributed by atoms with E-state index in [0.29, 0.717) is 0 Å². The van der Waals surface area contributed by atoms with Gasteiger partial charge < -0.3 is 10.5 Å². The lowest BCUT2D eigenvalue weighted by molar-refractivity contribution is -0.142. The predicted molar refractivity (Wildman–Crippen MR) is 51.2 cm³/mol. The van der Waals surface area contributed by atoms with Crippen LogP contribution in [0.15, 0.2) is 12.1 Å². The van der Waals surface area contributed by atoms with Crippen LogP contribution in [0.25, 0.3) is 0 Å². The largest absolute Gasteiger partial charge is 0.469 e. The monoisotopic (exact) mass is 215 g/mol. The molecular formula is C10H11F2NO2. The summed E-state index contributed by atoms with van der Waals surface area (Å²) in [6.07, 6.45) is 0. The number of hydrogen-bond acceptors (Lipinski definition) is 3. The summed E-state index contributed by atoms with van der Waals surface area (Å²) < 4.78 is 31.1. The summed E-state index contributed by atoms with van der Waals surface area (Å²) in [6.45, 7) is 1.36. The maximum Gasteiger partial charge on any atom is 0.313 e. The van der Waals surface area contributed by atoms with Gasteiger partial charge in [0.25, 0.3) is 0 Å². The van der Waals surface area contributed by atoms with Gasteiger partial charge in [0, 0.05) is 11.3 Å². The van der Waals surface area contributed by atoms with Crippen LogP contribution in [0.2, 0.25) is 0 Å². The smallest absolute Gasteiger partial charge is 0.313 e. The Morgan fingerprint density at radius 1 is 1.40 bits per heavy atom. The van der Waals surface area contributed by atoms with Gasteiger partial charge in [0.15, 0.2) is 0 Å². The van der Waals surface area contributed by atoms with Crippen molar-refractivity contribution in [3.05, 3.63) is 29.3 Å². The Labute approximate surface area is 85.8 Å². The van der Waals surface area contributed by atoms with Gasteiger partial charge in [-0.25, -0.2) is 8.78 Å². The molecule has 0 spiro atoms. The molecule has 0 aliphatic heterocycles. The Bertz CT molecular complexity index is 370. The highest BCUT2D eigenvalue weighted by atomic mass is 19.1. The number of carbonyl (C=O) groups excluding carboxylic acids is 1. The van der Waals surface area contributed by atoms with Crippen LogP contribution in [0.4, 0.5) is 14.5 Å². The van der Waals surface area contributed by atoms with Crippen LogP contribution >= 0.6 is 0 Å².